The van der Waals surface area contributed by atoms with Gasteiger partial charge in [-0.05, 0) is 30.9 Å². The van der Waals surface area contributed by atoms with E-state index in [0.29, 0.717) is 0 Å². The predicted octanol–water partition coefficient (Wildman–Crippen LogP) is 2.90. The zero-order valence-electron chi connectivity index (χ0n) is 10.0. The van der Waals surface area contributed by atoms with Crippen molar-refractivity contribution in [2.75, 3.05) is 7.11 Å². The standard InChI is InChI=1S/C14H21NO/c1-16-13-8-4-3-7-12(13)11-14(15)9-5-2-6-10-14/h3-4,7-8H,2,5-6,9-11,15H2,1H3. The van der Waals surface area contributed by atoms with E-state index < -0.39 is 0 Å². The van der Waals surface area contributed by atoms with Crippen LogP contribution in [0.25, 0.3) is 0 Å². The Kier molecular flexibility index (Phi) is 3.49. The van der Waals surface area contributed by atoms with Gasteiger partial charge in [0, 0.05) is 5.54 Å². The van der Waals surface area contributed by atoms with Crippen molar-refractivity contribution in [3.05, 3.63) is 29.8 Å². The van der Waals surface area contributed by atoms with E-state index in [9.17, 15) is 0 Å². The molecule has 0 aromatic heterocycles. The second-order valence-electron chi connectivity index (χ2n) is 4.91. The minimum atomic E-state index is -0.00706. The minimum absolute atomic E-state index is 0.00706. The molecule has 1 aromatic carbocycles. The highest BCUT2D eigenvalue weighted by molar-refractivity contribution is 5.34. The molecular formula is C14H21NO. The van der Waals surface area contributed by atoms with E-state index in [4.69, 9.17) is 10.5 Å². The molecule has 0 amide bonds. The molecule has 0 aliphatic heterocycles. The maximum absolute atomic E-state index is 6.46. The highest BCUT2D eigenvalue weighted by Crippen LogP contribution is 2.31. The first kappa shape index (κ1) is 11.5. The van der Waals surface area contributed by atoms with E-state index >= 15 is 0 Å². The van der Waals surface area contributed by atoms with Crippen LogP contribution in [0.1, 0.15) is 37.7 Å². The zero-order valence-corrected chi connectivity index (χ0v) is 10.0. The Morgan fingerprint density at radius 3 is 2.56 bits per heavy atom. The van der Waals surface area contributed by atoms with Gasteiger partial charge in [0.25, 0.3) is 0 Å². The molecule has 1 aromatic rings. The van der Waals surface area contributed by atoms with Gasteiger partial charge in [0.2, 0.25) is 0 Å². The van der Waals surface area contributed by atoms with Crippen molar-refractivity contribution < 1.29 is 4.74 Å². The lowest BCUT2D eigenvalue weighted by Gasteiger charge is -2.33. The van der Waals surface area contributed by atoms with Crippen LogP contribution in [0.3, 0.4) is 0 Å². The molecule has 0 spiro atoms. The van der Waals surface area contributed by atoms with Gasteiger partial charge in [-0.3, -0.25) is 0 Å². The van der Waals surface area contributed by atoms with Crippen LogP contribution in [-0.4, -0.2) is 12.6 Å². The molecule has 1 aliphatic rings. The van der Waals surface area contributed by atoms with Crippen LogP contribution < -0.4 is 10.5 Å². The SMILES string of the molecule is COc1ccccc1CC1(N)CCCCC1. The number of nitrogens with two attached hydrogens (primary N) is 1. The number of para-hydroxylation sites is 1. The molecule has 1 fully saturated rings. The summed E-state index contributed by atoms with van der Waals surface area (Å²) in [5.41, 5.74) is 7.70. The highest BCUT2D eigenvalue weighted by Gasteiger charge is 2.28. The summed E-state index contributed by atoms with van der Waals surface area (Å²) >= 11 is 0. The molecule has 2 rings (SSSR count). The molecule has 16 heavy (non-hydrogen) atoms. The van der Waals surface area contributed by atoms with Crippen molar-refractivity contribution in [2.45, 2.75) is 44.1 Å². The molecule has 2 nitrogen and oxygen atoms in total. The summed E-state index contributed by atoms with van der Waals surface area (Å²) in [6, 6.07) is 8.21. The van der Waals surface area contributed by atoms with Crippen LogP contribution in [0.15, 0.2) is 24.3 Å². The first-order valence-corrected chi connectivity index (χ1v) is 6.14. The molecule has 2 N–H and O–H groups in total. The normalized spacial score (nSPS) is 19.4. The van der Waals surface area contributed by atoms with Crippen LogP contribution >= 0.6 is 0 Å². The third-order valence-corrected chi connectivity index (χ3v) is 3.58. The van der Waals surface area contributed by atoms with Crippen LogP contribution in [0.4, 0.5) is 0 Å². The van der Waals surface area contributed by atoms with Crippen LogP contribution in [0, 0.1) is 0 Å². The van der Waals surface area contributed by atoms with Crippen molar-refractivity contribution in [3.8, 4) is 5.75 Å². The third-order valence-electron chi connectivity index (χ3n) is 3.58. The van der Waals surface area contributed by atoms with Crippen LogP contribution in [-0.2, 0) is 6.42 Å². The van der Waals surface area contributed by atoms with Gasteiger partial charge in [-0.15, -0.1) is 0 Å². The molecule has 0 unspecified atom stereocenters. The summed E-state index contributed by atoms with van der Waals surface area (Å²) in [6.45, 7) is 0. The van der Waals surface area contributed by atoms with Gasteiger partial charge in [0.05, 0.1) is 7.11 Å². The van der Waals surface area contributed by atoms with E-state index in [2.05, 4.69) is 12.1 Å². The monoisotopic (exact) mass is 219 g/mol. The van der Waals surface area contributed by atoms with Gasteiger partial charge in [0.1, 0.15) is 5.75 Å². The second-order valence-corrected chi connectivity index (χ2v) is 4.91. The second kappa shape index (κ2) is 4.88. The zero-order chi connectivity index (χ0) is 11.4. The van der Waals surface area contributed by atoms with Crippen molar-refractivity contribution in [1.29, 1.82) is 0 Å². The van der Waals surface area contributed by atoms with E-state index in [0.717, 1.165) is 25.0 Å². The van der Waals surface area contributed by atoms with E-state index in [1.165, 1.54) is 24.8 Å². The fourth-order valence-corrected chi connectivity index (χ4v) is 2.66. The summed E-state index contributed by atoms with van der Waals surface area (Å²) in [4.78, 5) is 0. The molecule has 2 heteroatoms. The Morgan fingerprint density at radius 1 is 1.19 bits per heavy atom. The smallest absolute Gasteiger partial charge is 0.122 e. The molecular weight excluding hydrogens is 198 g/mol. The molecule has 1 saturated carbocycles. The lowest BCUT2D eigenvalue weighted by molar-refractivity contribution is 0.290. The Balaban J connectivity index is 2.12. The summed E-state index contributed by atoms with van der Waals surface area (Å²) in [6.07, 6.45) is 7.11. The maximum Gasteiger partial charge on any atom is 0.122 e. The van der Waals surface area contributed by atoms with Gasteiger partial charge < -0.3 is 10.5 Å². The number of rotatable bonds is 3. The fraction of sp³-hybridized carbons (Fsp3) is 0.571. The number of ether oxygens (including phenoxy) is 1. The van der Waals surface area contributed by atoms with E-state index in [-0.39, 0.29) is 5.54 Å². The number of hydrogen-bond acceptors (Lipinski definition) is 2. The van der Waals surface area contributed by atoms with Gasteiger partial charge in [-0.2, -0.15) is 0 Å². The molecule has 0 heterocycles. The number of hydrogen-bond donors (Lipinski definition) is 1. The first-order chi connectivity index (χ1) is 7.73. The van der Waals surface area contributed by atoms with Gasteiger partial charge in [0.15, 0.2) is 0 Å². The van der Waals surface area contributed by atoms with E-state index in [1.54, 1.807) is 7.11 Å². The van der Waals surface area contributed by atoms with Crippen molar-refractivity contribution in [2.24, 2.45) is 5.73 Å². The first-order valence-electron chi connectivity index (χ1n) is 6.14. The quantitative estimate of drug-likeness (QED) is 0.848. The van der Waals surface area contributed by atoms with E-state index in [1.807, 2.05) is 12.1 Å². The molecule has 0 bridgehead atoms. The largest absolute Gasteiger partial charge is 0.496 e. The fourth-order valence-electron chi connectivity index (χ4n) is 2.66. The average molecular weight is 219 g/mol. The van der Waals surface area contributed by atoms with Crippen LogP contribution in [0.5, 0.6) is 5.75 Å². The Morgan fingerprint density at radius 2 is 1.88 bits per heavy atom. The van der Waals surface area contributed by atoms with Crippen LogP contribution in [0.2, 0.25) is 0 Å². The summed E-state index contributed by atoms with van der Waals surface area (Å²) in [5, 5.41) is 0. The predicted molar refractivity (Wildman–Crippen MR) is 66.7 cm³/mol. The Bertz CT molecular complexity index is 342. The molecule has 0 radical (unpaired) electrons. The Hall–Kier alpha value is -1.02. The lowest BCUT2D eigenvalue weighted by Crippen LogP contribution is -2.43. The summed E-state index contributed by atoms with van der Waals surface area (Å²) < 4.78 is 5.38. The van der Waals surface area contributed by atoms with Gasteiger partial charge >= 0.3 is 0 Å². The van der Waals surface area contributed by atoms with Gasteiger partial charge in [-0.25, -0.2) is 0 Å². The van der Waals surface area contributed by atoms with Crippen molar-refractivity contribution in [3.63, 3.8) is 0 Å². The van der Waals surface area contributed by atoms with Crippen molar-refractivity contribution >= 4 is 0 Å². The highest BCUT2D eigenvalue weighted by atomic mass is 16.5. The topological polar surface area (TPSA) is 35.2 Å². The molecule has 0 atom stereocenters. The lowest BCUT2D eigenvalue weighted by atomic mass is 9.78. The molecule has 1 aliphatic carbocycles. The van der Waals surface area contributed by atoms with Gasteiger partial charge in [-0.1, -0.05) is 37.5 Å². The molecule has 0 saturated heterocycles. The van der Waals surface area contributed by atoms with Crippen molar-refractivity contribution in [1.82, 2.24) is 0 Å². The summed E-state index contributed by atoms with van der Waals surface area (Å²) in [5.74, 6) is 0.970. The average Bonchev–Trinajstić information content (AvgIpc) is 2.30. The number of methoxy groups -OCH3 is 1. The summed E-state index contributed by atoms with van der Waals surface area (Å²) in [7, 11) is 1.73. The third kappa shape index (κ3) is 2.56. The maximum atomic E-state index is 6.46. The minimum Gasteiger partial charge on any atom is -0.496 e. The Labute approximate surface area is 97.8 Å². The molecule has 88 valence electrons. The number of benzene rings is 1.